The first-order valence-electron chi connectivity index (χ1n) is 6.87. The minimum atomic E-state index is -0.219. The molecule has 5 heteroatoms. The van der Waals surface area contributed by atoms with Crippen LogP contribution in [0.25, 0.3) is 0 Å². The van der Waals surface area contributed by atoms with Gasteiger partial charge in [-0.25, -0.2) is 9.79 Å². The van der Waals surface area contributed by atoms with Crippen molar-refractivity contribution < 1.29 is 9.53 Å². The highest BCUT2D eigenvalue weighted by molar-refractivity contribution is 6.30. The van der Waals surface area contributed by atoms with E-state index in [9.17, 15) is 4.79 Å². The van der Waals surface area contributed by atoms with Crippen LogP contribution < -0.4 is 0 Å². The molecular formula is C15H17ClN2O2. The molecule has 0 N–H and O–H groups in total. The Morgan fingerprint density at radius 3 is 3.05 bits per heavy atom. The molecule has 1 saturated heterocycles. The number of esters is 1. The Hall–Kier alpha value is -1.55. The third-order valence-electron chi connectivity index (χ3n) is 3.60. The van der Waals surface area contributed by atoms with E-state index in [0.29, 0.717) is 11.6 Å². The topological polar surface area (TPSA) is 41.9 Å². The summed E-state index contributed by atoms with van der Waals surface area (Å²) < 4.78 is 5.33. The van der Waals surface area contributed by atoms with Gasteiger partial charge in [-0.15, -0.1) is 0 Å². The minimum absolute atomic E-state index is 0.0880. The van der Waals surface area contributed by atoms with Crippen molar-refractivity contribution in [3.63, 3.8) is 0 Å². The molecule has 0 saturated carbocycles. The average Bonchev–Trinajstić information content (AvgIpc) is 2.78. The summed E-state index contributed by atoms with van der Waals surface area (Å²) in [6.07, 6.45) is 1.50. The Bertz CT molecular complexity index is 583. The largest absolute Gasteiger partial charge is 0.461 e. The van der Waals surface area contributed by atoms with Gasteiger partial charge in [-0.1, -0.05) is 11.6 Å². The number of ether oxygens (including phenoxy) is 1. The Kier molecular flexibility index (Phi) is 3.42. The first-order valence-corrected chi connectivity index (χ1v) is 7.25. The number of benzene rings is 1. The summed E-state index contributed by atoms with van der Waals surface area (Å²) in [6.45, 7) is 4.41. The van der Waals surface area contributed by atoms with Crippen LogP contribution in [-0.4, -0.2) is 28.9 Å². The predicted octanol–water partition coefficient (Wildman–Crippen LogP) is 3.30. The number of nitrogens with zero attached hydrogens (tertiary/aromatic N) is 2. The van der Waals surface area contributed by atoms with Gasteiger partial charge in [0.15, 0.2) is 0 Å². The molecule has 0 aromatic heterocycles. The number of hydrogen-bond acceptors (Lipinski definition) is 4. The maximum atomic E-state index is 12.1. The van der Waals surface area contributed by atoms with Gasteiger partial charge >= 0.3 is 5.97 Å². The maximum Gasteiger partial charge on any atom is 0.329 e. The van der Waals surface area contributed by atoms with Gasteiger partial charge in [0.2, 0.25) is 0 Å². The zero-order valence-electron chi connectivity index (χ0n) is 11.6. The van der Waals surface area contributed by atoms with Gasteiger partial charge in [-0.2, -0.15) is 0 Å². The third-order valence-corrected chi connectivity index (χ3v) is 3.84. The number of amidine groups is 1. The molecule has 0 aliphatic carbocycles. The fraction of sp³-hybridized carbons (Fsp3) is 0.467. The van der Waals surface area contributed by atoms with Gasteiger partial charge in [0, 0.05) is 18.0 Å². The Morgan fingerprint density at radius 1 is 1.50 bits per heavy atom. The van der Waals surface area contributed by atoms with Gasteiger partial charge in [-0.05, 0) is 44.0 Å². The van der Waals surface area contributed by atoms with Crippen molar-refractivity contribution in [1.29, 1.82) is 0 Å². The van der Waals surface area contributed by atoms with E-state index in [1.165, 1.54) is 0 Å². The molecule has 1 fully saturated rings. The highest BCUT2D eigenvalue weighted by Gasteiger charge is 2.38. The number of rotatable bonds is 2. The zero-order chi connectivity index (χ0) is 14.3. The lowest BCUT2D eigenvalue weighted by Gasteiger charge is -2.29. The molecule has 3 rings (SSSR count). The second kappa shape index (κ2) is 5.09. The smallest absolute Gasteiger partial charge is 0.329 e. The lowest BCUT2D eigenvalue weighted by Crippen LogP contribution is -2.40. The summed E-state index contributed by atoms with van der Waals surface area (Å²) in [5, 5.41) is 0.697. The van der Waals surface area contributed by atoms with Gasteiger partial charge in [0.25, 0.3) is 0 Å². The highest BCUT2D eigenvalue weighted by Crippen LogP contribution is 2.34. The van der Waals surface area contributed by atoms with E-state index in [2.05, 4.69) is 4.99 Å². The Labute approximate surface area is 123 Å². The molecule has 2 heterocycles. The monoisotopic (exact) mass is 292 g/mol. The lowest BCUT2D eigenvalue weighted by atomic mass is 10.1. The van der Waals surface area contributed by atoms with Gasteiger partial charge < -0.3 is 9.64 Å². The molecular weight excluding hydrogens is 276 g/mol. The fourth-order valence-corrected chi connectivity index (χ4v) is 2.93. The molecule has 106 valence electrons. The normalized spacial score (nSPS) is 20.5. The van der Waals surface area contributed by atoms with E-state index < -0.39 is 0 Å². The van der Waals surface area contributed by atoms with Crippen molar-refractivity contribution in [2.75, 3.05) is 0 Å². The fourth-order valence-electron chi connectivity index (χ4n) is 2.74. The van der Waals surface area contributed by atoms with Crippen molar-refractivity contribution in [2.45, 2.75) is 45.4 Å². The van der Waals surface area contributed by atoms with Crippen LogP contribution in [0.5, 0.6) is 0 Å². The van der Waals surface area contributed by atoms with Gasteiger partial charge in [0.1, 0.15) is 11.9 Å². The molecule has 0 spiro atoms. The van der Waals surface area contributed by atoms with Crippen molar-refractivity contribution >= 4 is 29.1 Å². The SMILES string of the molecule is CC(C)OC(=O)[C@@H]1CCC2=Nc3ccc(Cl)cc3CN21. The summed E-state index contributed by atoms with van der Waals surface area (Å²) >= 11 is 6.03. The van der Waals surface area contributed by atoms with Gasteiger partial charge in [0.05, 0.1) is 11.8 Å². The molecule has 0 unspecified atom stereocenters. The maximum absolute atomic E-state index is 12.1. The zero-order valence-corrected chi connectivity index (χ0v) is 12.4. The van der Waals surface area contributed by atoms with Crippen LogP contribution in [0, 0.1) is 0 Å². The molecule has 4 nitrogen and oxygen atoms in total. The van der Waals surface area contributed by atoms with Crippen molar-refractivity contribution in [3.05, 3.63) is 28.8 Å². The summed E-state index contributed by atoms with van der Waals surface area (Å²) in [5.41, 5.74) is 2.02. The molecule has 1 aromatic rings. The van der Waals surface area contributed by atoms with Crippen LogP contribution in [0.1, 0.15) is 32.3 Å². The van der Waals surface area contributed by atoms with E-state index >= 15 is 0 Å². The Balaban J connectivity index is 1.85. The number of carbonyl (C=O) groups excluding carboxylic acids is 1. The summed E-state index contributed by atoms with van der Waals surface area (Å²) in [4.78, 5) is 18.8. The van der Waals surface area contributed by atoms with Crippen LogP contribution in [-0.2, 0) is 16.1 Å². The van der Waals surface area contributed by atoms with Crippen LogP contribution in [0.3, 0.4) is 0 Å². The van der Waals surface area contributed by atoms with Crippen LogP contribution >= 0.6 is 11.6 Å². The Morgan fingerprint density at radius 2 is 2.30 bits per heavy atom. The van der Waals surface area contributed by atoms with E-state index in [4.69, 9.17) is 16.3 Å². The molecule has 0 amide bonds. The summed E-state index contributed by atoms with van der Waals surface area (Å²) in [5.74, 6) is 0.821. The van der Waals surface area contributed by atoms with Crippen molar-refractivity contribution in [2.24, 2.45) is 4.99 Å². The van der Waals surface area contributed by atoms with E-state index in [1.807, 2.05) is 36.9 Å². The van der Waals surface area contributed by atoms with E-state index in [1.54, 1.807) is 0 Å². The number of carbonyl (C=O) groups is 1. The quantitative estimate of drug-likeness (QED) is 0.786. The average molecular weight is 293 g/mol. The van der Waals surface area contributed by atoms with Crippen LogP contribution in [0.15, 0.2) is 23.2 Å². The second-order valence-electron chi connectivity index (χ2n) is 5.47. The highest BCUT2D eigenvalue weighted by atomic mass is 35.5. The number of aliphatic imine (C=N–C) groups is 1. The predicted molar refractivity (Wildman–Crippen MR) is 78.3 cm³/mol. The number of halogens is 1. The molecule has 20 heavy (non-hydrogen) atoms. The first kappa shape index (κ1) is 13.4. The second-order valence-corrected chi connectivity index (χ2v) is 5.91. The van der Waals surface area contributed by atoms with Gasteiger partial charge in [-0.3, -0.25) is 0 Å². The summed E-state index contributed by atoms with van der Waals surface area (Å²) in [7, 11) is 0. The molecule has 1 atom stereocenters. The van der Waals surface area contributed by atoms with E-state index in [0.717, 1.165) is 29.9 Å². The molecule has 2 aliphatic rings. The molecule has 2 aliphatic heterocycles. The van der Waals surface area contributed by atoms with Crippen LogP contribution in [0.2, 0.25) is 5.02 Å². The first-order chi connectivity index (χ1) is 9.54. The molecule has 0 radical (unpaired) electrons. The third kappa shape index (κ3) is 2.40. The standard InChI is InChI=1S/C15H17ClN2O2/c1-9(2)20-15(19)13-5-6-14-17-12-4-3-11(16)7-10(12)8-18(13)14/h3-4,7,9,13H,5-6,8H2,1-2H3/t13-/m0/s1. The summed E-state index contributed by atoms with van der Waals surface area (Å²) in [6, 6.07) is 5.48. The van der Waals surface area contributed by atoms with E-state index in [-0.39, 0.29) is 18.1 Å². The molecule has 1 aromatic carbocycles. The van der Waals surface area contributed by atoms with Crippen molar-refractivity contribution in [3.8, 4) is 0 Å². The minimum Gasteiger partial charge on any atom is -0.461 e. The number of hydrogen-bond donors (Lipinski definition) is 0. The van der Waals surface area contributed by atoms with Crippen molar-refractivity contribution in [1.82, 2.24) is 4.90 Å². The number of fused-ring (bicyclic) bond motifs is 2. The lowest BCUT2D eigenvalue weighted by molar-refractivity contribution is -0.152. The van der Waals surface area contributed by atoms with Crippen LogP contribution in [0.4, 0.5) is 5.69 Å². The molecule has 0 bridgehead atoms.